The van der Waals surface area contributed by atoms with Crippen molar-refractivity contribution in [3.8, 4) is 0 Å². The van der Waals surface area contributed by atoms with E-state index in [0.717, 1.165) is 0 Å². The Balaban J connectivity index is 2.25. The Morgan fingerprint density at radius 1 is 1.53 bits per heavy atom. The van der Waals surface area contributed by atoms with E-state index < -0.39 is 11.8 Å². The van der Waals surface area contributed by atoms with Gasteiger partial charge in [0.2, 0.25) is 0 Å². The highest BCUT2D eigenvalue weighted by molar-refractivity contribution is 6.31. The minimum atomic E-state index is -1.17. The Kier molecular flexibility index (Phi) is 3.06. The van der Waals surface area contributed by atoms with Crippen molar-refractivity contribution in [2.45, 2.75) is 6.54 Å². The molecule has 0 spiro atoms. The average Bonchev–Trinajstić information content (AvgIpc) is 2.73. The first-order valence-electron chi connectivity index (χ1n) is 4.64. The van der Waals surface area contributed by atoms with Crippen LogP contribution in [0.2, 0.25) is 5.02 Å². The lowest BCUT2D eigenvalue weighted by Crippen LogP contribution is -2.02. The van der Waals surface area contributed by atoms with Crippen molar-refractivity contribution in [2.75, 3.05) is 0 Å². The van der Waals surface area contributed by atoms with Gasteiger partial charge < -0.3 is 5.11 Å². The van der Waals surface area contributed by atoms with Crippen LogP contribution in [0.15, 0.2) is 24.4 Å². The summed E-state index contributed by atoms with van der Waals surface area (Å²) >= 11 is 5.76. The number of halogens is 2. The maximum absolute atomic E-state index is 13.1. The Morgan fingerprint density at radius 3 is 2.94 bits per heavy atom. The zero-order valence-corrected chi connectivity index (χ0v) is 9.23. The van der Waals surface area contributed by atoms with Crippen LogP contribution in [0.25, 0.3) is 0 Å². The van der Waals surface area contributed by atoms with E-state index in [-0.39, 0.29) is 17.3 Å². The lowest BCUT2D eigenvalue weighted by molar-refractivity contribution is 0.0690. The fraction of sp³-hybridized carbons (Fsp3) is 0.100. The minimum Gasteiger partial charge on any atom is -0.476 e. The maximum atomic E-state index is 13.1. The van der Waals surface area contributed by atoms with Crippen molar-refractivity contribution in [2.24, 2.45) is 0 Å². The number of benzene rings is 1. The Labute approximate surface area is 100 Å². The zero-order chi connectivity index (χ0) is 12.4. The van der Waals surface area contributed by atoms with E-state index in [4.69, 9.17) is 16.7 Å². The van der Waals surface area contributed by atoms with E-state index >= 15 is 0 Å². The van der Waals surface area contributed by atoms with Gasteiger partial charge >= 0.3 is 5.97 Å². The molecular weight excluding hydrogens is 249 g/mol. The third kappa shape index (κ3) is 2.42. The molecule has 5 nitrogen and oxygen atoms in total. The molecule has 0 bridgehead atoms. The van der Waals surface area contributed by atoms with Crippen LogP contribution in [-0.2, 0) is 6.54 Å². The Morgan fingerprint density at radius 2 is 2.29 bits per heavy atom. The van der Waals surface area contributed by atoms with Crippen molar-refractivity contribution in [3.63, 3.8) is 0 Å². The van der Waals surface area contributed by atoms with E-state index in [2.05, 4.69) is 10.3 Å². The highest BCUT2D eigenvalue weighted by Crippen LogP contribution is 2.20. The van der Waals surface area contributed by atoms with Crippen LogP contribution in [0.1, 0.15) is 16.1 Å². The second-order valence-electron chi connectivity index (χ2n) is 3.32. The fourth-order valence-electron chi connectivity index (χ4n) is 1.32. The molecule has 7 heteroatoms. The Hall–Kier alpha value is -1.95. The standard InChI is InChI=1S/C10H7ClFN3O2/c11-9-6(2-1-3-7(9)12)4-15-5-8(10(16)17)13-14-15/h1-3,5H,4H2,(H,16,17). The zero-order valence-electron chi connectivity index (χ0n) is 8.47. The van der Waals surface area contributed by atoms with Gasteiger partial charge in [-0.25, -0.2) is 13.9 Å². The number of aromatic nitrogens is 3. The third-order valence-electron chi connectivity index (χ3n) is 2.12. The van der Waals surface area contributed by atoms with Crippen LogP contribution in [0.4, 0.5) is 4.39 Å². The van der Waals surface area contributed by atoms with Gasteiger partial charge in [-0.15, -0.1) is 5.10 Å². The second kappa shape index (κ2) is 4.50. The van der Waals surface area contributed by atoms with Crippen LogP contribution >= 0.6 is 11.6 Å². The quantitative estimate of drug-likeness (QED) is 0.908. The molecule has 0 unspecified atom stereocenters. The van der Waals surface area contributed by atoms with Crippen molar-refractivity contribution >= 4 is 17.6 Å². The predicted octanol–water partition coefficient (Wildman–Crippen LogP) is 1.82. The van der Waals surface area contributed by atoms with Gasteiger partial charge in [-0.2, -0.15) is 0 Å². The summed E-state index contributed by atoms with van der Waals surface area (Å²) < 4.78 is 14.4. The molecule has 0 amide bonds. The normalized spacial score (nSPS) is 10.5. The molecule has 1 N–H and O–H groups in total. The molecule has 0 atom stereocenters. The molecule has 17 heavy (non-hydrogen) atoms. The molecule has 1 aromatic carbocycles. The fourth-order valence-corrected chi connectivity index (χ4v) is 1.50. The van der Waals surface area contributed by atoms with E-state index in [9.17, 15) is 9.18 Å². The first-order valence-corrected chi connectivity index (χ1v) is 5.02. The number of hydrogen-bond acceptors (Lipinski definition) is 3. The van der Waals surface area contributed by atoms with E-state index in [1.807, 2.05) is 0 Å². The number of carboxylic acids is 1. The number of nitrogens with zero attached hydrogens (tertiary/aromatic N) is 3. The van der Waals surface area contributed by atoms with Gasteiger partial charge in [0.1, 0.15) is 5.82 Å². The molecule has 88 valence electrons. The van der Waals surface area contributed by atoms with E-state index in [0.29, 0.717) is 5.56 Å². The van der Waals surface area contributed by atoms with Gasteiger partial charge in [-0.3, -0.25) is 0 Å². The second-order valence-corrected chi connectivity index (χ2v) is 3.70. The topological polar surface area (TPSA) is 68.0 Å². The molecule has 0 aliphatic heterocycles. The van der Waals surface area contributed by atoms with Gasteiger partial charge in [-0.05, 0) is 11.6 Å². The monoisotopic (exact) mass is 255 g/mol. The number of carbonyl (C=O) groups is 1. The van der Waals surface area contributed by atoms with Crippen molar-refractivity contribution in [3.05, 3.63) is 46.5 Å². The summed E-state index contributed by atoms with van der Waals surface area (Å²) in [4.78, 5) is 10.6. The van der Waals surface area contributed by atoms with Crippen LogP contribution in [0.5, 0.6) is 0 Å². The molecule has 0 aliphatic carbocycles. The summed E-state index contributed by atoms with van der Waals surface area (Å²) in [7, 11) is 0. The predicted molar refractivity (Wildman–Crippen MR) is 57.5 cm³/mol. The van der Waals surface area contributed by atoms with Crippen LogP contribution in [0, 0.1) is 5.82 Å². The van der Waals surface area contributed by atoms with Gasteiger partial charge in [0.15, 0.2) is 5.69 Å². The highest BCUT2D eigenvalue weighted by atomic mass is 35.5. The first-order chi connectivity index (χ1) is 8.08. The molecule has 2 aromatic rings. The molecule has 0 fully saturated rings. The number of rotatable bonds is 3. The number of hydrogen-bond donors (Lipinski definition) is 1. The SMILES string of the molecule is O=C(O)c1cn(Cc2cccc(F)c2Cl)nn1. The molecular formula is C10H7ClFN3O2. The lowest BCUT2D eigenvalue weighted by Gasteiger charge is -2.03. The molecule has 0 radical (unpaired) electrons. The summed E-state index contributed by atoms with van der Waals surface area (Å²) in [5.74, 6) is -1.69. The number of aromatic carboxylic acids is 1. The molecule has 1 heterocycles. The van der Waals surface area contributed by atoms with Crippen LogP contribution in [-0.4, -0.2) is 26.1 Å². The van der Waals surface area contributed by atoms with Gasteiger partial charge in [0.05, 0.1) is 17.8 Å². The number of carboxylic acid groups (broad SMARTS) is 1. The molecule has 0 saturated carbocycles. The molecule has 1 aromatic heterocycles. The average molecular weight is 256 g/mol. The van der Waals surface area contributed by atoms with Gasteiger partial charge in [0, 0.05) is 0 Å². The lowest BCUT2D eigenvalue weighted by atomic mass is 10.2. The summed E-state index contributed by atoms with van der Waals surface area (Å²) in [5.41, 5.74) is 0.339. The van der Waals surface area contributed by atoms with Crippen LogP contribution < -0.4 is 0 Å². The summed E-state index contributed by atoms with van der Waals surface area (Å²) in [6.45, 7) is 0.164. The summed E-state index contributed by atoms with van der Waals surface area (Å²) in [6.07, 6.45) is 1.25. The molecule has 0 aliphatic rings. The summed E-state index contributed by atoms with van der Waals surface area (Å²) in [5, 5.41) is 15.7. The van der Waals surface area contributed by atoms with Crippen molar-refractivity contribution < 1.29 is 14.3 Å². The van der Waals surface area contributed by atoms with Crippen molar-refractivity contribution in [1.29, 1.82) is 0 Å². The molecule has 2 rings (SSSR count). The van der Waals surface area contributed by atoms with Crippen molar-refractivity contribution in [1.82, 2.24) is 15.0 Å². The van der Waals surface area contributed by atoms with E-state index in [1.165, 1.54) is 23.0 Å². The smallest absolute Gasteiger partial charge is 0.358 e. The third-order valence-corrected chi connectivity index (χ3v) is 2.54. The molecule has 0 saturated heterocycles. The summed E-state index contributed by atoms with van der Waals surface area (Å²) in [6, 6.07) is 4.40. The van der Waals surface area contributed by atoms with E-state index in [1.54, 1.807) is 6.07 Å². The Bertz CT molecular complexity index is 570. The highest BCUT2D eigenvalue weighted by Gasteiger charge is 2.10. The van der Waals surface area contributed by atoms with Gasteiger partial charge in [-0.1, -0.05) is 28.9 Å². The van der Waals surface area contributed by atoms with Gasteiger partial charge in [0.25, 0.3) is 0 Å². The maximum Gasteiger partial charge on any atom is 0.358 e. The largest absolute Gasteiger partial charge is 0.476 e. The van der Waals surface area contributed by atoms with Crippen LogP contribution in [0.3, 0.4) is 0 Å². The minimum absolute atomic E-state index is 0.000116. The first kappa shape index (κ1) is 11.5.